The third-order valence-corrected chi connectivity index (χ3v) is 4.34. The Bertz CT molecular complexity index is 859. The quantitative estimate of drug-likeness (QED) is 0.455. The number of hydrogen-bond acceptors (Lipinski definition) is 5. The predicted molar refractivity (Wildman–Crippen MR) is 98.0 cm³/mol. The summed E-state index contributed by atoms with van der Waals surface area (Å²) in [6.45, 7) is 3.64. The monoisotopic (exact) mass is 355 g/mol. The highest BCUT2D eigenvalue weighted by Crippen LogP contribution is 2.29. The molecule has 0 aliphatic rings. The van der Waals surface area contributed by atoms with Crippen molar-refractivity contribution < 1.29 is 9.72 Å². The van der Waals surface area contributed by atoms with E-state index in [4.69, 9.17) is 5.26 Å². The maximum atomic E-state index is 13.1. The van der Waals surface area contributed by atoms with Crippen molar-refractivity contribution in [3.05, 3.63) is 63.7 Å². The van der Waals surface area contributed by atoms with Crippen molar-refractivity contribution in [1.29, 1.82) is 5.26 Å². The van der Waals surface area contributed by atoms with Crippen LogP contribution in [0.5, 0.6) is 0 Å². The second-order valence-corrected chi connectivity index (χ2v) is 6.45. The van der Waals surface area contributed by atoms with Crippen LogP contribution in [0, 0.1) is 21.4 Å². The number of anilines is 1. The van der Waals surface area contributed by atoms with Gasteiger partial charge in [-0.15, -0.1) is 11.8 Å². The van der Waals surface area contributed by atoms with Gasteiger partial charge in [-0.3, -0.25) is 14.9 Å². The van der Waals surface area contributed by atoms with E-state index in [-0.39, 0.29) is 17.3 Å². The number of hydrogen-bond donors (Lipinski definition) is 0. The number of thioether (sulfide) groups is 1. The molecule has 0 atom stereocenters. The SMILES string of the molecule is CSc1ccc([N+](=O)[O-])c(C(=O)N(c2cccc(C#N)c2)C(C)C)c1. The first-order chi connectivity index (χ1) is 11.9. The van der Waals surface area contributed by atoms with Crippen LogP contribution in [-0.2, 0) is 0 Å². The summed E-state index contributed by atoms with van der Waals surface area (Å²) in [6, 6.07) is 12.9. The lowest BCUT2D eigenvalue weighted by Crippen LogP contribution is -2.37. The zero-order valence-electron chi connectivity index (χ0n) is 14.1. The molecule has 25 heavy (non-hydrogen) atoms. The first-order valence-electron chi connectivity index (χ1n) is 7.55. The van der Waals surface area contributed by atoms with Gasteiger partial charge in [0.05, 0.1) is 16.6 Å². The smallest absolute Gasteiger partial charge is 0.282 e. The number of nitriles is 1. The second kappa shape index (κ2) is 7.81. The van der Waals surface area contributed by atoms with Crippen molar-refractivity contribution in [3.8, 4) is 6.07 Å². The average molecular weight is 355 g/mol. The molecule has 0 aliphatic carbocycles. The number of nitro groups is 1. The van der Waals surface area contributed by atoms with Gasteiger partial charge >= 0.3 is 0 Å². The Hall–Kier alpha value is -2.85. The third kappa shape index (κ3) is 3.98. The lowest BCUT2D eigenvalue weighted by Gasteiger charge is -2.27. The van der Waals surface area contributed by atoms with Crippen LogP contribution in [-0.4, -0.2) is 23.1 Å². The molecule has 0 radical (unpaired) electrons. The first-order valence-corrected chi connectivity index (χ1v) is 8.77. The number of carbonyl (C=O) groups is 1. The van der Waals surface area contributed by atoms with Crippen LogP contribution < -0.4 is 4.90 Å². The van der Waals surface area contributed by atoms with Crippen LogP contribution >= 0.6 is 11.8 Å². The molecule has 0 aliphatic heterocycles. The summed E-state index contributed by atoms with van der Waals surface area (Å²) < 4.78 is 0. The Kier molecular flexibility index (Phi) is 5.78. The second-order valence-electron chi connectivity index (χ2n) is 5.57. The highest BCUT2D eigenvalue weighted by molar-refractivity contribution is 7.98. The third-order valence-electron chi connectivity index (χ3n) is 3.62. The first kappa shape index (κ1) is 18.5. The number of benzene rings is 2. The zero-order valence-corrected chi connectivity index (χ0v) is 14.9. The molecule has 2 rings (SSSR count). The Balaban J connectivity index is 2.58. The summed E-state index contributed by atoms with van der Waals surface area (Å²) in [4.78, 5) is 26.1. The van der Waals surface area contributed by atoms with Crippen LogP contribution in [0.1, 0.15) is 29.8 Å². The van der Waals surface area contributed by atoms with Gasteiger partial charge < -0.3 is 4.90 Å². The van der Waals surface area contributed by atoms with E-state index < -0.39 is 10.8 Å². The van der Waals surface area contributed by atoms with Crippen LogP contribution in [0.15, 0.2) is 47.4 Å². The Morgan fingerprint density at radius 1 is 1.28 bits per heavy atom. The number of nitrogens with zero attached hydrogens (tertiary/aromatic N) is 3. The van der Waals surface area contributed by atoms with E-state index in [2.05, 4.69) is 0 Å². The van der Waals surface area contributed by atoms with Gasteiger partial charge in [-0.2, -0.15) is 5.26 Å². The summed E-state index contributed by atoms with van der Waals surface area (Å²) >= 11 is 1.41. The molecule has 6 nitrogen and oxygen atoms in total. The summed E-state index contributed by atoms with van der Waals surface area (Å²) in [5, 5.41) is 20.4. The van der Waals surface area contributed by atoms with Crippen LogP contribution in [0.4, 0.5) is 11.4 Å². The topological polar surface area (TPSA) is 87.2 Å². The van der Waals surface area contributed by atoms with Gasteiger partial charge in [-0.25, -0.2) is 0 Å². The molecule has 2 aromatic carbocycles. The van der Waals surface area contributed by atoms with E-state index in [1.54, 1.807) is 30.3 Å². The van der Waals surface area contributed by atoms with Crippen molar-refractivity contribution in [1.82, 2.24) is 0 Å². The predicted octanol–water partition coefficient (Wildman–Crippen LogP) is 4.24. The summed E-state index contributed by atoms with van der Waals surface area (Å²) in [6.07, 6.45) is 1.84. The summed E-state index contributed by atoms with van der Waals surface area (Å²) in [7, 11) is 0. The molecule has 0 unspecified atom stereocenters. The Morgan fingerprint density at radius 2 is 2.00 bits per heavy atom. The van der Waals surface area contributed by atoms with E-state index in [0.717, 1.165) is 4.90 Å². The van der Waals surface area contributed by atoms with E-state index in [0.29, 0.717) is 11.3 Å². The van der Waals surface area contributed by atoms with Gasteiger partial charge in [0, 0.05) is 22.7 Å². The fourth-order valence-corrected chi connectivity index (χ4v) is 2.92. The van der Waals surface area contributed by atoms with Gasteiger partial charge in [0.1, 0.15) is 5.56 Å². The molecule has 2 aromatic rings. The van der Waals surface area contributed by atoms with Crippen molar-refractivity contribution in [2.45, 2.75) is 24.8 Å². The minimum absolute atomic E-state index is 0.0351. The van der Waals surface area contributed by atoms with E-state index >= 15 is 0 Å². The Labute approximate surface area is 150 Å². The highest BCUT2D eigenvalue weighted by Gasteiger charge is 2.28. The van der Waals surface area contributed by atoms with Crippen LogP contribution in [0.25, 0.3) is 0 Å². The largest absolute Gasteiger partial charge is 0.306 e. The number of carbonyl (C=O) groups excluding carboxylic acids is 1. The van der Waals surface area contributed by atoms with Crippen molar-refractivity contribution >= 4 is 29.0 Å². The minimum atomic E-state index is -0.554. The van der Waals surface area contributed by atoms with Crippen molar-refractivity contribution in [2.24, 2.45) is 0 Å². The maximum absolute atomic E-state index is 13.1. The van der Waals surface area contributed by atoms with Crippen molar-refractivity contribution in [3.63, 3.8) is 0 Å². The standard InChI is InChI=1S/C18H17N3O3S/c1-12(2)20(14-6-4-5-13(9-14)11-19)18(22)16-10-15(25-3)7-8-17(16)21(23)24/h4-10,12H,1-3H3. The molecular formula is C18H17N3O3S. The average Bonchev–Trinajstić information content (AvgIpc) is 2.61. The molecule has 1 amide bonds. The molecule has 0 saturated heterocycles. The fraction of sp³-hybridized carbons (Fsp3) is 0.222. The van der Waals surface area contributed by atoms with E-state index in [1.165, 1.54) is 28.8 Å². The lowest BCUT2D eigenvalue weighted by atomic mass is 10.1. The van der Waals surface area contributed by atoms with Gasteiger partial charge in [-0.1, -0.05) is 6.07 Å². The molecule has 128 valence electrons. The molecule has 0 N–H and O–H groups in total. The molecule has 0 spiro atoms. The van der Waals surface area contributed by atoms with Crippen LogP contribution in [0.3, 0.4) is 0 Å². The molecule has 0 bridgehead atoms. The van der Waals surface area contributed by atoms with Gasteiger partial charge in [0.25, 0.3) is 11.6 Å². The fourth-order valence-electron chi connectivity index (χ4n) is 2.48. The van der Waals surface area contributed by atoms with E-state index in [1.807, 2.05) is 26.2 Å². The highest BCUT2D eigenvalue weighted by atomic mass is 32.2. The number of nitro benzene ring substituents is 1. The number of rotatable bonds is 5. The van der Waals surface area contributed by atoms with Crippen molar-refractivity contribution in [2.75, 3.05) is 11.2 Å². The summed E-state index contributed by atoms with van der Waals surface area (Å²) in [5.74, 6) is -0.465. The molecule has 0 saturated carbocycles. The lowest BCUT2D eigenvalue weighted by molar-refractivity contribution is -0.385. The normalized spacial score (nSPS) is 10.4. The van der Waals surface area contributed by atoms with Gasteiger partial charge in [0.2, 0.25) is 0 Å². The van der Waals surface area contributed by atoms with E-state index in [9.17, 15) is 14.9 Å². The van der Waals surface area contributed by atoms with Gasteiger partial charge in [0.15, 0.2) is 0 Å². The molecule has 0 fully saturated rings. The minimum Gasteiger partial charge on any atom is -0.306 e. The molecule has 0 aromatic heterocycles. The summed E-state index contributed by atoms with van der Waals surface area (Å²) in [5.41, 5.74) is 0.754. The zero-order chi connectivity index (χ0) is 18.6. The van der Waals surface area contributed by atoms with Crippen LogP contribution in [0.2, 0.25) is 0 Å². The number of amides is 1. The molecule has 7 heteroatoms. The van der Waals surface area contributed by atoms with Gasteiger partial charge in [-0.05, 0) is 50.4 Å². The maximum Gasteiger partial charge on any atom is 0.282 e. The Morgan fingerprint density at radius 3 is 2.56 bits per heavy atom. The molecular weight excluding hydrogens is 338 g/mol. The molecule has 0 heterocycles.